The van der Waals surface area contributed by atoms with Crippen LogP contribution in [-0.2, 0) is 11.2 Å². The van der Waals surface area contributed by atoms with E-state index in [9.17, 15) is 9.59 Å². The molecule has 1 aliphatic heterocycles. The molecule has 0 saturated carbocycles. The van der Waals surface area contributed by atoms with E-state index in [1.54, 1.807) is 6.08 Å². The predicted octanol–water partition coefficient (Wildman–Crippen LogP) is 3.87. The lowest BCUT2D eigenvalue weighted by Gasteiger charge is -2.07. The predicted molar refractivity (Wildman–Crippen MR) is 100 cm³/mol. The van der Waals surface area contributed by atoms with Crippen LogP contribution in [0, 0.1) is 11.3 Å². The molecule has 0 atom stereocenters. The summed E-state index contributed by atoms with van der Waals surface area (Å²) in [6.45, 7) is 0.354. The van der Waals surface area contributed by atoms with Gasteiger partial charge in [-0.15, -0.1) is 0 Å². The number of hydrogen-bond acceptors (Lipinski definition) is 5. The van der Waals surface area contributed by atoms with Crippen molar-refractivity contribution in [1.29, 1.82) is 5.26 Å². The number of carbonyl (C=O) groups excluding carboxylic acids is 2. The molecule has 1 fully saturated rings. The van der Waals surface area contributed by atoms with Gasteiger partial charge in [-0.2, -0.15) is 5.26 Å². The molecule has 1 aliphatic rings. The molecule has 2 aromatic carbocycles. The van der Waals surface area contributed by atoms with Gasteiger partial charge in [0.2, 0.25) is 0 Å². The molecule has 0 radical (unpaired) electrons. The van der Waals surface area contributed by atoms with Gasteiger partial charge >= 0.3 is 0 Å². The Hall–Kier alpha value is -3.04. The lowest BCUT2D eigenvalue weighted by molar-refractivity contribution is -0.122. The molecule has 0 unspecified atom stereocenters. The second-order valence-electron chi connectivity index (χ2n) is 5.58. The average Bonchev–Trinajstić information content (AvgIpc) is 2.92. The summed E-state index contributed by atoms with van der Waals surface area (Å²) in [5, 5.41) is 8.26. The maximum atomic E-state index is 12.1. The first-order valence-corrected chi connectivity index (χ1v) is 8.88. The van der Waals surface area contributed by atoms with Gasteiger partial charge in [0.05, 0.1) is 17.6 Å². The normalized spacial score (nSPS) is 15.3. The second-order valence-corrected chi connectivity index (χ2v) is 6.57. The molecule has 2 aromatic rings. The van der Waals surface area contributed by atoms with Crippen LogP contribution in [0.3, 0.4) is 0 Å². The van der Waals surface area contributed by atoms with Gasteiger partial charge in [-0.05, 0) is 41.1 Å². The average molecular weight is 364 g/mol. The minimum absolute atomic E-state index is 0.226. The Kier molecular flexibility index (Phi) is 5.72. The Balaban J connectivity index is 1.59. The molecule has 5 nitrogen and oxygen atoms in total. The van der Waals surface area contributed by atoms with Gasteiger partial charge in [-0.25, -0.2) is 0 Å². The van der Waals surface area contributed by atoms with E-state index < -0.39 is 11.1 Å². The monoisotopic (exact) mass is 364 g/mol. The number of amides is 2. The van der Waals surface area contributed by atoms with Crippen LogP contribution in [0.1, 0.15) is 11.1 Å². The third-order valence-electron chi connectivity index (χ3n) is 3.78. The molecule has 3 rings (SSSR count). The summed E-state index contributed by atoms with van der Waals surface area (Å²) in [7, 11) is 0. The van der Waals surface area contributed by atoms with Gasteiger partial charge in [0, 0.05) is 6.42 Å². The van der Waals surface area contributed by atoms with Crippen LogP contribution in [0.25, 0.3) is 6.08 Å². The highest BCUT2D eigenvalue weighted by atomic mass is 32.2. The fraction of sp³-hybridized carbons (Fsp3) is 0.150. The van der Waals surface area contributed by atoms with E-state index in [-0.39, 0.29) is 6.54 Å². The first kappa shape index (κ1) is 17.8. The van der Waals surface area contributed by atoms with Crippen molar-refractivity contribution in [3.63, 3.8) is 0 Å². The summed E-state index contributed by atoms with van der Waals surface area (Å²) >= 11 is 0.848. The number of benzene rings is 2. The Morgan fingerprint density at radius 2 is 1.81 bits per heavy atom. The Morgan fingerprint density at radius 1 is 1.08 bits per heavy atom. The van der Waals surface area contributed by atoms with Crippen LogP contribution in [-0.4, -0.2) is 29.2 Å². The number of nitriles is 1. The number of rotatable bonds is 6. The zero-order valence-electron chi connectivity index (χ0n) is 13.9. The molecule has 26 heavy (non-hydrogen) atoms. The van der Waals surface area contributed by atoms with Crippen LogP contribution in [0.15, 0.2) is 59.5 Å². The molecule has 1 saturated heterocycles. The summed E-state index contributed by atoms with van der Waals surface area (Å²) in [5.41, 5.74) is 2.01. The lowest BCUT2D eigenvalue weighted by atomic mass is 10.2. The number of carbonyl (C=O) groups is 2. The zero-order valence-corrected chi connectivity index (χ0v) is 14.7. The zero-order chi connectivity index (χ0) is 18.4. The van der Waals surface area contributed by atoms with Crippen molar-refractivity contribution in [3.8, 4) is 11.8 Å². The lowest BCUT2D eigenvalue weighted by Crippen LogP contribution is -2.28. The summed E-state index contributed by atoms with van der Waals surface area (Å²) < 4.78 is 5.73. The summed E-state index contributed by atoms with van der Waals surface area (Å²) in [6, 6.07) is 19.3. The maximum Gasteiger partial charge on any atom is 0.294 e. The van der Waals surface area contributed by atoms with Gasteiger partial charge in [0.25, 0.3) is 11.1 Å². The second kappa shape index (κ2) is 8.37. The Morgan fingerprint density at radius 3 is 2.50 bits per heavy atom. The fourth-order valence-electron chi connectivity index (χ4n) is 2.45. The number of nitrogens with zero attached hydrogens (tertiary/aromatic N) is 2. The molecule has 0 N–H and O–H groups in total. The Bertz CT molecular complexity index is 870. The van der Waals surface area contributed by atoms with Gasteiger partial charge in [-0.1, -0.05) is 42.5 Å². The van der Waals surface area contributed by atoms with Gasteiger partial charge < -0.3 is 4.74 Å². The van der Waals surface area contributed by atoms with E-state index in [1.807, 2.05) is 48.5 Å². The molecule has 2 amide bonds. The topological polar surface area (TPSA) is 70.4 Å². The summed E-state index contributed by atoms with van der Waals surface area (Å²) in [5.74, 6) is 0.320. The molecule has 0 bridgehead atoms. The van der Waals surface area contributed by atoms with E-state index in [4.69, 9.17) is 10.00 Å². The van der Waals surface area contributed by atoms with Crippen LogP contribution < -0.4 is 4.74 Å². The van der Waals surface area contributed by atoms with Crippen molar-refractivity contribution in [3.05, 3.63) is 70.6 Å². The van der Waals surface area contributed by atoms with Crippen LogP contribution >= 0.6 is 11.8 Å². The number of ether oxygens (including phenoxy) is 1. The number of thioether (sulfide) groups is 1. The molecular weight excluding hydrogens is 348 g/mol. The number of hydrogen-bond donors (Lipinski definition) is 0. The molecule has 130 valence electrons. The molecule has 0 spiro atoms. The van der Waals surface area contributed by atoms with Crippen LogP contribution in [0.5, 0.6) is 5.75 Å². The van der Waals surface area contributed by atoms with Crippen molar-refractivity contribution in [2.45, 2.75) is 6.42 Å². The minimum atomic E-state index is -0.426. The first-order chi connectivity index (χ1) is 12.7. The van der Waals surface area contributed by atoms with E-state index in [0.717, 1.165) is 34.4 Å². The van der Waals surface area contributed by atoms with E-state index in [2.05, 4.69) is 12.1 Å². The molecular formula is C20H16N2O3S. The van der Waals surface area contributed by atoms with Gasteiger partial charge in [0.1, 0.15) is 12.3 Å². The number of imide groups is 1. The highest BCUT2D eigenvalue weighted by Gasteiger charge is 2.34. The molecule has 6 heteroatoms. The molecule has 1 heterocycles. The third-order valence-corrected chi connectivity index (χ3v) is 4.69. The van der Waals surface area contributed by atoms with E-state index in [1.165, 1.54) is 5.56 Å². The smallest absolute Gasteiger partial charge is 0.294 e. The first-order valence-electron chi connectivity index (χ1n) is 8.06. The SMILES string of the molecule is N#CCN1C(=O)S/C(=C\c2ccc(OCCc3ccccc3)cc2)C1=O. The fourth-order valence-corrected chi connectivity index (χ4v) is 3.29. The third kappa shape index (κ3) is 4.32. The van der Waals surface area contributed by atoms with Crippen molar-refractivity contribution < 1.29 is 14.3 Å². The maximum absolute atomic E-state index is 12.1. The van der Waals surface area contributed by atoms with Gasteiger partial charge in [-0.3, -0.25) is 14.5 Å². The quantitative estimate of drug-likeness (QED) is 0.575. The van der Waals surface area contributed by atoms with Crippen molar-refractivity contribution >= 4 is 29.0 Å². The largest absolute Gasteiger partial charge is 0.493 e. The van der Waals surface area contributed by atoms with Crippen LogP contribution in [0.2, 0.25) is 0 Å². The highest BCUT2D eigenvalue weighted by molar-refractivity contribution is 8.18. The van der Waals surface area contributed by atoms with Gasteiger partial charge in [0.15, 0.2) is 0 Å². The summed E-state index contributed by atoms with van der Waals surface area (Å²) in [4.78, 5) is 25.1. The van der Waals surface area contributed by atoms with Crippen molar-refractivity contribution in [2.75, 3.05) is 13.2 Å². The molecule has 0 aliphatic carbocycles. The molecule has 0 aromatic heterocycles. The standard InChI is InChI=1S/C20H16N2O3S/c21-11-12-22-19(23)18(26-20(22)24)14-16-6-8-17(9-7-16)25-13-10-15-4-2-1-3-5-15/h1-9,14H,10,12-13H2/b18-14-. The minimum Gasteiger partial charge on any atom is -0.493 e. The van der Waals surface area contributed by atoms with E-state index in [0.29, 0.717) is 11.5 Å². The van der Waals surface area contributed by atoms with Crippen LogP contribution in [0.4, 0.5) is 4.79 Å². The van der Waals surface area contributed by atoms with Crippen molar-refractivity contribution in [2.24, 2.45) is 0 Å². The highest BCUT2D eigenvalue weighted by Crippen LogP contribution is 2.32. The summed E-state index contributed by atoms with van der Waals surface area (Å²) in [6.07, 6.45) is 2.48. The van der Waals surface area contributed by atoms with E-state index >= 15 is 0 Å². The van der Waals surface area contributed by atoms with Crippen molar-refractivity contribution in [1.82, 2.24) is 4.90 Å². The Labute approximate surface area is 155 Å².